The molecule has 0 fully saturated rings. The smallest absolute Gasteiger partial charge is 1.00 e. The third-order valence-electron chi connectivity index (χ3n) is 0.908. The van der Waals surface area contributed by atoms with E-state index < -0.39 is 0 Å². The Balaban J connectivity index is 0. The molecule has 0 aromatic heterocycles. The minimum atomic E-state index is 0. The van der Waals surface area contributed by atoms with Crippen molar-refractivity contribution in [3.63, 3.8) is 0 Å². The van der Waals surface area contributed by atoms with Gasteiger partial charge in [0.2, 0.25) is 0 Å². The van der Waals surface area contributed by atoms with Crippen LogP contribution < -0.4 is 51.4 Å². The number of rotatable bonds is 0. The molecular formula is C6H5Cl2KO. The summed E-state index contributed by atoms with van der Waals surface area (Å²) in [5.74, 6) is 0.0177. The summed E-state index contributed by atoms with van der Waals surface area (Å²) >= 11 is 11.0. The van der Waals surface area contributed by atoms with Gasteiger partial charge in [0.05, 0.1) is 5.02 Å². The number of halogens is 2. The third kappa shape index (κ3) is 3.09. The van der Waals surface area contributed by atoms with Crippen molar-refractivity contribution < 1.29 is 57.9 Å². The molecule has 4 heteroatoms. The first-order valence-corrected chi connectivity index (χ1v) is 3.10. The van der Waals surface area contributed by atoms with E-state index in [0.717, 1.165) is 0 Å². The molecule has 0 unspecified atom stereocenters. The molecule has 0 aliphatic rings. The van der Waals surface area contributed by atoms with Gasteiger partial charge in [-0.2, -0.15) is 0 Å². The summed E-state index contributed by atoms with van der Waals surface area (Å²) in [6.07, 6.45) is 0. The van der Waals surface area contributed by atoms with E-state index in [2.05, 4.69) is 0 Å². The maximum Gasteiger partial charge on any atom is 1.00 e. The average molecular weight is 203 g/mol. The summed E-state index contributed by atoms with van der Waals surface area (Å²) in [4.78, 5) is 0. The number of hydrogen-bond acceptors (Lipinski definition) is 1. The summed E-state index contributed by atoms with van der Waals surface area (Å²) in [5, 5.41) is 9.69. The molecular weight excluding hydrogens is 198 g/mol. The first-order chi connectivity index (χ1) is 4.20. The molecule has 0 bridgehead atoms. The van der Waals surface area contributed by atoms with Gasteiger partial charge in [-0.15, -0.1) is 0 Å². The van der Waals surface area contributed by atoms with Crippen LogP contribution in [0.3, 0.4) is 0 Å². The van der Waals surface area contributed by atoms with Gasteiger partial charge >= 0.3 is 51.4 Å². The van der Waals surface area contributed by atoms with Gasteiger partial charge < -0.3 is 6.53 Å². The summed E-state index contributed by atoms with van der Waals surface area (Å²) in [6, 6.07) is 4.55. The van der Waals surface area contributed by atoms with Gasteiger partial charge in [0.1, 0.15) is 5.75 Å². The van der Waals surface area contributed by atoms with Gasteiger partial charge in [-0.3, -0.25) is 0 Å². The Hall–Kier alpha value is 1.24. The van der Waals surface area contributed by atoms with Crippen LogP contribution in [0.1, 0.15) is 1.43 Å². The minimum Gasteiger partial charge on any atom is -1.00 e. The normalized spacial score (nSPS) is 8.60. The fraction of sp³-hybridized carbons (Fsp3) is 0. The molecule has 1 nitrogen and oxygen atoms in total. The quantitative estimate of drug-likeness (QED) is 0.580. The Bertz CT molecular complexity index is 232. The number of phenolic OH excluding ortho intramolecular Hbond substituents is 1. The summed E-state index contributed by atoms with van der Waals surface area (Å²) in [5.41, 5.74) is 0. The van der Waals surface area contributed by atoms with E-state index in [9.17, 15) is 0 Å². The monoisotopic (exact) mass is 202 g/mol. The van der Waals surface area contributed by atoms with E-state index >= 15 is 0 Å². The van der Waals surface area contributed by atoms with Gasteiger partial charge in [0, 0.05) is 11.1 Å². The van der Waals surface area contributed by atoms with E-state index in [0.29, 0.717) is 10.0 Å². The Morgan fingerprint density at radius 3 is 2.30 bits per heavy atom. The zero-order valence-electron chi connectivity index (χ0n) is 6.44. The van der Waals surface area contributed by atoms with Gasteiger partial charge in [-0.1, -0.05) is 23.2 Å². The standard InChI is InChI=1S/C6H4Cl2O.K.H/c7-4-1-2-5(8)6(9)3-4;;/h1-3,9H;;/q;+1;-1. The predicted octanol–water partition coefficient (Wildman–Crippen LogP) is -0.185. The fourth-order valence-electron chi connectivity index (χ4n) is 0.486. The van der Waals surface area contributed by atoms with E-state index in [1.807, 2.05) is 0 Å². The van der Waals surface area contributed by atoms with Crippen LogP contribution in [0.2, 0.25) is 10.0 Å². The topological polar surface area (TPSA) is 20.2 Å². The van der Waals surface area contributed by atoms with Gasteiger partial charge in [0.25, 0.3) is 0 Å². The van der Waals surface area contributed by atoms with Crippen LogP contribution in [-0.2, 0) is 0 Å². The molecule has 1 aromatic rings. The van der Waals surface area contributed by atoms with Crippen molar-refractivity contribution in [3.8, 4) is 5.75 Å². The second kappa shape index (κ2) is 4.98. The average Bonchev–Trinajstić information content (AvgIpc) is 1.80. The van der Waals surface area contributed by atoms with Crippen LogP contribution in [0.5, 0.6) is 5.75 Å². The van der Waals surface area contributed by atoms with Gasteiger partial charge in [-0.05, 0) is 12.1 Å². The van der Waals surface area contributed by atoms with Crippen molar-refractivity contribution in [1.29, 1.82) is 0 Å². The second-order valence-electron chi connectivity index (χ2n) is 1.60. The molecule has 0 aliphatic heterocycles. The van der Waals surface area contributed by atoms with Crippen molar-refractivity contribution >= 4 is 23.2 Å². The van der Waals surface area contributed by atoms with Crippen LogP contribution in [0.4, 0.5) is 0 Å². The van der Waals surface area contributed by atoms with Crippen LogP contribution in [-0.4, -0.2) is 5.11 Å². The fourth-order valence-corrected chi connectivity index (χ4v) is 0.770. The van der Waals surface area contributed by atoms with E-state index in [-0.39, 0.29) is 58.6 Å². The number of benzene rings is 1. The maximum absolute atomic E-state index is 8.88. The molecule has 0 aliphatic carbocycles. The predicted molar refractivity (Wildman–Crippen MR) is 39.2 cm³/mol. The minimum absolute atomic E-state index is 0. The van der Waals surface area contributed by atoms with E-state index in [1.165, 1.54) is 6.07 Å². The molecule has 0 atom stereocenters. The third-order valence-corrected chi connectivity index (χ3v) is 1.46. The number of aromatic hydroxyl groups is 1. The van der Waals surface area contributed by atoms with E-state index in [1.54, 1.807) is 12.1 Å². The molecule has 1 N–H and O–H groups in total. The maximum atomic E-state index is 8.88. The van der Waals surface area contributed by atoms with Gasteiger partial charge in [0.15, 0.2) is 0 Å². The molecule has 0 spiro atoms. The van der Waals surface area contributed by atoms with Crippen molar-refractivity contribution in [3.05, 3.63) is 28.2 Å². The molecule has 0 saturated carbocycles. The van der Waals surface area contributed by atoms with Crippen molar-refractivity contribution in [1.82, 2.24) is 0 Å². The van der Waals surface area contributed by atoms with E-state index in [4.69, 9.17) is 28.3 Å². The Kier molecular flexibility index (Phi) is 5.60. The summed E-state index contributed by atoms with van der Waals surface area (Å²) < 4.78 is 0. The molecule has 50 valence electrons. The van der Waals surface area contributed by atoms with Crippen molar-refractivity contribution in [2.45, 2.75) is 0 Å². The Labute approximate surface area is 113 Å². The zero-order valence-corrected chi connectivity index (χ0v) is 10.1. The largest absolute Gasteiger partial charge is 1.00 e. The van der Waals surface area contributed by atoms with Crippen molar-refractivity contribution in [2.75, 3.05) is 0 Å². The number of phenols is 1. The molecule has 10 heavy (non-hydrogen) atoms. The molecule has 0 radical (unpaired) electrons. The molecule has 1 aromatic carbocycles. The Morgan fingerprint density at radius 1 is 1.30 bits per heavy atom. The van der Waals surface area contributed by atoms with Crippen LogP contribution in [0.15, 0.2) is 18.2 Å². The zero-order chi connectivity index (χ0) is 6.85. The first-order valence-electron chi connectivity index (χ1n) is 2.34. The first kappa shape index (κ1) is 11.2. The van der Waals surface area contributed by atoms with Crippen molar-refractivity contribution in [2.24, 2.45) is 0 Å². The molecule has 0 amide bonds. The molecule has 0 saturated heterocycles. The Morgan fingerprint density at radius 2 is 1.90 bits per heavy atom. The van der Waals surface area contributed by atoms with Crippen LogP contribution >= 0.6 is 23.2 Å². The molecule has 0 heterocycles. The SMILES string of the molecule is Oc1cc(Cl)ccc1Cl.[H-].[K+]. The summed E-state index contributed by atoms with van der Waals surface area (Å²) in [6.45, 7) is 0. The van der Waals surface area contributed by atoms with Gasteiger partial charge in [-0.25, -0.2) is 0 Å². The second-order valence-corrected chi connectivity index (χ2v) is 2.44. The molecule has 1 rings (SSSR count). The number of hydrogen-bond donors (Lipinski definition) is 1. The van der Waals surface area contributed by atoms with Crippen LogP contribution in [0, 0.1) is 0 Å². The summed E-state index contributed by atoms with van der Waals surface area (Å²) in [7, 11) is 0. The van der Waals surface area contributed by atoms with Crippen LogP contribution in [0.25, 0.3) is 0 Å².